The summed E-state index contributed by atoms with van der Waals surface area (Å²) >= 11 is 0. The van der Waals surface area contributed by atoms with Gasteiger partial charge in [0.05, 0.1) is 29.5 Å². The molecule has 0 bridgehead atoms. The maximum atomic E-state index is 12.5. The molecule has 0 atom stereocenters. The lowest BCUT2D eigenvalue weighted by Gasteiger charge is -2.27. The number of carbonyl (C=O) groups is 1. The van der Waals surface area contributed by atoms with Crippen molar-refractivity contribution >= 4 is 23.1 Å². The molecule has 1 fully saturated rings. The second kappa shape index (κ2) is 7.81. The molecule has 0 aliphatic carbocycles. The Bertz CT molecular complexity index is 801. The number of anilines is 2. The van der Waals surface area contributed by atoms with Crippen LogP contribution in [0.2, 0.25) is 0 Å². The van der Waals surface area contributed by atoms with E-state index >= 15 is 0 Å². The molecule has 1 aromatic heterocycles. The van der Waals surface area contributed by atoms with Crippen molar-refractivity contribution in [1.82, 2.24) is 4.98 Å². The van der Waals surface area contributed by atoms with E-state index in [1.807, 2.05) is 6.07 Å². The standard InChI is InChI=1S/C18H20N4O4/c1-26-16-7-6-14(22(24)25)11-15(16)18(23)20-13-5-8-17(19-12-13)21-9-3-2-4-10-21/h5-8,11-12H,2-4,9-10H2,1H3,(H,20,23). The first-order valence-corrected chi connectivity index (χ1v) is 8.43. The van der Waals surface area contributed by atoms with Gasteiger partial charge in [-0.1, -0.05) is 0 Å². The Morgan fingerprint density at radius 2 is 2.00 bits per heavy atom. The summed E-state index contributed by atoms with van der Waals surface area (Å²) in [6.45, 7) is 1.98. The van der Waals surface area contributed by atoms with Crippen molar-refractivity contribution in [2.75, 3.05) is 30.4 Å². The van der Waals surface area contributed by atoms with Crippen molar-refractivity contribution < 1.29 is 14.5 Å². The molecule has 2 heterocycles. The van der Waals surface area contributed by atoms with Crippen LogP contribution in [-0.4, -0.2) is 36.0 Å². The van der Waals surface area contributed by atoms with Gasteiger partial charge in [0, 0.05) is 25.2 Å². The van der Waals surface area contributed by atoms with Crippen molar-refractivity contribution in [1.29, 1.82) is 0 Å². The van der Waals surface area contributed by atoms with E-state index in [4.69, 9.17) is 4.74 Å². The third-order valence-corrected chi connectivity index (χ3v) is 4.32. The minimum absolute atomic E-state index is 0.0989. The van der Waals surface area contributed by atoms with Crippen LogP contribution < -0.4 is 15.0 Å². The third-order valence-electron chi connectivity index (χ3n) is 4.32. The van der Waals surface area contributed by atoms with Gasteiger partial charge < -0.3 is 15.0 Å². The lowest BCUT2D eigenvalue weighted by molar-refractivity contribution is -0.384. The fourth-order valence-electron chi connectivity index (χ4n) is 2.96. The summed E-state index contributed by atoms with van der Waals surface area (Å²) in [5.74, 6) is 0.666. The van der Waals surface area contributed by atoms with Gasteiger partial charge in [-0.25, -0.2) is 4.98 Å². The highest BCUT2D eigenvalue weighted by molar-refractivity contribution is 6.06. The van der Waals surface area contributed by atoms with Crippen LogP contribution in [0.1, 0.15) is 29.6 Å². The fourth-order valence-corrected chi connectivity index (χ4v) is 2.96. The van der Waals surface area contributed by atoms with Crippen molar-refractivity contribution in [3.05, 3.63) is 52.2 Å². The molecule has 1 aromatic carbocycles. The van der Waals surface area contributed by atoms with E-state index in [9.17, 15) is 14.9 Å². The molecule has 0 spiro atoms. The first-order valence-electron chi connectivity index (χ1n) is 8.43. The van der Waals surface area contributed by atoms with Crippen molar-refractivity contribution in [3.63, 3.8) is 0 Å². The molecule has 136 valence electrons. The first-order chi connectivity index (χ1) is 12.6. The number of hydrogen-bond donors (Lipinski definition) is 1. The highest BCUT2D eigenvalue weighted by Crippen LogP contribution is 2.25. The predicted octanol–water partition coefficient (Wildman–Crippen LogP) is 3.24. The zero-order chi connectivity index (χ0) is 18.5. The summed E-state index contributed by atoms with van der Waals surface area (Å²) in [6, 6.07) is 7.54. The molecule has 0 radical (unpaired) electrons. The van der Waals surface area contributed by atoms with Crippen LogP contribution in [0.15, 0.2) is 36.5 Å². The van der Waals surface area contributed by atoms with Gasteiger partial charge in [-0.3, -0.25) is 14.9 Å². The van der Waals surface area contributed by atoms with E-state index in [0.717, 1.165) is 31.7 Å². The molecule has 1 N–H and O–H groups in total. The highest BCUT2D eigenvalue weighted by Gasteiger charge is 2.18. The van der Waals surface area contributed by atoms with Gasteiger partial charge in [0.1, 0.15) is 11.6 Å². The molecule has 1 saturated heterocycles. The number of rotatable bonds is 5. The number of piperidine rings is 1. The Kier molecular flexibility index (Phi) is 5.31. The van der Waals surface area contributed by atoms with Gasteiger partial charge in [0.15, 0.2) is 0 Å². The molecular weight excluding hydrogens is 336 g/mol. The second-order valence-corrected chi connectivity index (χ2v) is 6.05. The number of non-ortho nitro benzene ring substituents is 1. The molecule has 1 aliphatic heterocycles. The van der Waals surface area contributed by atoms with Crippen LogP contribution in [0.3, 0.4) is 0 Å². The molecular formula is C18H20N4O4. The van der Waals surface area contributed by atoms with Gasteiger partial charge in [0.2, 0.25) is 0 Å². The van der Waals surface area contributed by atoms with Gasteiger partial charge in [-0.05, 0) is 37.5 Å². The lowest BCUT2D eigenvalue weighted by atomic mass is 10.1. The maximum Gasteiger partial charge on any atom is 0.270 e. The largest absolute Gasteiger partial charge is 0.496 e. The number of nitro groups is 1. The first kappa shape index (κ1) is 17.7. The fraction of sp³-hybridized carbons (Fsp3) is 0.333. The van der Waals surface area contributed by atoms with E-state index < -0.39 is 10.8 Å². The number of aromatic nitrogens is 1. The molecule has 1 aliphatic rings. The van der Waals surface area contributed by atoms with E-state index in [1.54, 1.807) is 12.3 Å². The number of nitro benzene ring substituents is 1. The van der Waals surface area contributed by atoms with E-state index in [-0.39, 0.29) is 17.0 Å². The molecule has 8 heteroatoms. The lowest BCUT2D eigenvalue weighted by Crippen LogP contribution is -2.30. The summed E-state index contributed by atoms with van der Waals surface area (Å²) in [6.07, 6.45) is 5.15. The Morgan fingerprint density at radius 1 is 1.23 bits per heavy atom. The van der Waals surface area contributed by atoms with E-state index in [0.29, 0.717) is 5.69 Å². The predicted molar refractivity (Wildman–Crippen MR) is 97.9 cm³/mol. The van der Waals surface area contributed by atoms with Crippen LogP contribution in [0, 0.1) is 10.1 Å². The number of nitrogens with one attached hydrogen (secondary N) is 1. The molecule has 0 saturated carbocycles. The van der Waals surface area contributed by atoms with Crippen LogP contribution in [0.25, 0.3) is 0 Å². The minimum Gasteiger partial charge on any atom is -0.496 e. The van der Waals surface area contributed by atoms with Gasteiger partial charge in [0.25, 0.3) is 11.6 Å². The summed E-state index contributed by atoms with van der Waals surface area (Å²) in [7, 11) is 1.41. The summed E-state index contributed by atoms with van der Waals surface area (Å²) < 4.78 is 5.13. The molecule has 3 rings (SSSR count). The Hall–Kier alpha value is -3.16. The number of nitrogens with zero attached hydrogens (tertiary/aromatic N) is 3. The third kappa shape index (κ3) is 3.90. The number of pyridine rings is 1. The summed E-state index contributed by atoms with van der Waals surface area (Å²) in [5, 5.41) is 13.6. The quantitative estimate of drug-likeness (QED) is 0.652. The number of benzene rings is 1. The Balaban J connectivity index is 1.75. The second-order valence-electron chi connectivity index (χ2n) is 6.05. The molecule has 1 amide bonds. The van der Waals surface area contributed by atoms with Gasteiger partial charge in [-0.15, -0.1) is 0 Å². The van der Waals surface area contributed by atoms with E-state index in [1.165, 1.54) is 31.7 Å². The number of ether oxygens (including phenoxy) is 1. The maximum absolute atomic E-state index is 12.5. The van der Waals surface area contributed by atoms with Crippen LogP contribution in [-0.2, 0) is 0 Å². The number of hydrogen-bond acceptors (Lipinski definition) is 6. The topological polar surface area (TPSA) is 97.6 Å². The molecule has 0 unspecified atom stereocenters. The smallest absolute Gasteiger partial charge is 0.270 e. The van der Waals surface area contributed by atoms with Crippen LogP contribution >= 0.6 is 0 Å². The number of amides is 1. The van der Waals surface area contributed by atoms with E-state index in [2.05, 4.69) is 15.2 Å². The summed E-state index contributed by atoms with van der Waals surface area (Å²) in [4.78, 5) is 29.5. The zero-order valence-corrected chi connectivity index (χ0v) is 14.5. The van der Waals surface area contributed by atoms with Crippen molar-refractivity contribution in [3.8, 4) is 5.75 Å². The van der Waals surface area contributed by atoms with Crippen molar-refractivity contribution in [2.24, 2.45) is 0 Å². The van der Waals surface area contributed by atoms with Crippen LogP contribution in [0.5, 0.6) is 5.75 Å². The Morgan fingerprint density at radius 3 is 2.62 bits per heavy atom. The molecule has 8 nitrogen and oxygen atoms in total. The van der Waals surface area contributed by atoms with Gasteiger partial charge in [-0.2, -0.15) is 0 Å². The van der Waals surface area contributed by atoms with Crippen LogP contribution in [0.4, 0.5) is 17.2 Å². The SMILES string of the molecule is COc1ccc([N+](=O)[O-])cc1C(=O)Nc1ccc(N2CCCCC2)nc1. The molecule has 26 heavy (non-hydrogen) atoms. The number of carbonyl (C=O) groups excluding carboxylic acids is 1. The molecule has 2 aromatic rings. The number of methoxy groups -OCH3 is 1. The normalized spacial score (nSPS) is 14.0. The average molecular weight is 356 g/mol. The monoisotopic (exact) mass is 356 g/mol. The van der Waals surface area contributed by atoms with Crippen molar-refractivity contribution in [2.45, 2.75) is 19.3 Å². The minimum atomic E-state index is -0.550. The average Bonchev–Trinajstić information content (AvgIpc) is 2.68. The summed E-state index contributed by atoms with van der Waals surface area (Å²) in [5.41, 5.74) is 0.445. The van der Waals surface area contributed by atoms with Gasteiger partial charge >= 0.3 is 0 Å². The zero-order valence-electron chi connectivity index (χ0n) is 14.5. The Labute approximate surface area is 150 Å². The highest BCUT2D eigenvalue weighted by atomic mass is 16.6.